The van der Waals surface area contributed by atoms with Crippen molar-refractivity contribution in [2.75, 3.05) is 32.7 Å². The predicted octanol–water partition coefficient (Wildman–Crippen LogP) is 1.57. The van der Waals surface area contributed by atoms with Gasteiger partial charge in [-0.1, -0.05) is 20.8 Å². The summed E-state index contributed by atoms with van der Waals surface area (Å²) >= 11 is 0. The molecule has 0 bridgehead atoms. The van der Waals surface area contributed by atoms with Crippen LogP contribution in [0.3, 0.4) is 0 Å². The Balaban J connectivity index is 2.03. The fourth-order valence-corrected chi connectivity index (χ4v) is 1.94. The quantitative estimate of drug-likeness (QED) is 0.698. The Morgan fingerprint density at radius 3 is 2.77 bits per heavy atom. The highest BCUT2D eigenvalue weighted by atomic mass is 15.1. The molecule has 1 saturated heterocycles. The molecule has 2 heteroatoms. The van der Waals surface area contributed by atoms with Crippen LogP contribution in [0.4, 0.5) is 0 Å². The summed E-state index contributed by atoms with van der Waals surface area (Å²) in [6, 6.07) is 0. The first kappa shape index (κ1) is 11.0. The monoisotopic (exact) mass is 184 g/mol. The molecule has 0 aromatic rings. The van der Waals surface area contributed by atoms with E-state index in [0.29, 0.717) is 0 Å². The Bertz CT molecular complexity index is 134. The van der Waals surface area contributed by atoms with Crippen LogP contribution >= 0.6 is 0 Å². The van der Waals surface area contributed by atoms with Crippen molar-refractivity contribution < 1.29 is 0 Å². The fourth-order valence-electron chi connectivity index (χ4n) is 1.94. The zero-order valence-electron chi connectivity index (χ0n) is 9.34. The maximum absolute atomic E-state index is 3.54. The lowest BCUT2D eigenvalue weighted by atomic mass is 10.1. The second-order valence-electron chi connectivity index (χ2n) is 4.60. The van der Waals surface area contributed by atoms with E-state index < -0.39 is 0 Å². The fraction of sp³-hybridized carbons (Fsp3) is 1.00. The molecule has 0 spiro atoms. The maximum atomic E-state index is 3.54. The van der Waals surface area contributed by atoms with Crippen molar-refractivity contribution >= 4 is 0 Å². The Hall–Kier alpha value is -0.0800. The van der Waals surface area contributed by atoms with E-state index in [1.165, 1.54) is 39.1 Å². The molecule has 0 aromatic carbocycles. The summed E-state index contributed by atoms with van der Waals surface area (Å²) in [5.74, 6) is 1.68. The van der Waals surface area contributed by atoms with Crippen LogP contribution < -0.4 is 5.32 Å². The highest BCUT2D eigenvalue weighted by Gasteiger charge is 2.20. The molecular weight excluding hydrogens is 160 g/mol. The molecule has 13 heavy (non-hydrogen) atoms. The van der Waals surface area contributed by atoms with Gasteiger partial charge in [-0.3, -0.25) is 0 Å². The first-order valence-electron chi connectivity index (χ1n) is 5.65. The van der Waals surface area contributed by atoms with E-state index in [-0.39, 0.29) is 0 Å². The molecule has 1 fully saturated rings. The molecule has 1 unspecified atom stereocenters. The van der Waals surface area contributed by atoms with Gasteiger partial charge in [0.1, 0.15) is 0 Å². The van der Waals surface area contributed by atoms with E-state index in [4.69, 9.17) is 0 Å². The maximum Gasteiger partial charge on any atom is 0.00222 e. The van der Waals surface area contributed by atoms with Gasteiger partial charge in [-0.05, 0) is 44.4 Å². The third kappa shape index (κ3) is 4.10. The molecule has 0 aliphatic carbocycles. The lowest BCUT2D eigenvalue weighted by Crippen LogP contribution is -2.28. The number of nitrogens with one attached hydrogen (secondary N) is 1. The van der Waals surface area contributed by atoms with Crippen LogP contribution in [0.25, 0.3) is 0 Å². The molecule has 78 valence electrons. The SMILES string of the molecule is CCN1CCC(CNCC(C)C)C1. The van der Waals surface area contributed by atoms with E-state index in [1.807, 2.05) is 0 Å². The number of hydrogen-bond acceptors (Lipinski definition) is 2. The summed E-state index contributed by atoms with van der Waals surface area (Å²) in [6.45, 7) is 13.0. The van der Waals surface area contributed by atoms with Crippen molar-refractivity contribution in [3.63, 3.8) is 0 Å². The van der Waals surface area contributed by atoms with Gasteiger partial charge in [0.05, 0.1) is 0 Å². The third-order valence-electron chi connectivity index (χ3n) is 2.80. The average molecular weight is 184 g/mol. The predicted molar refractivity (Wildman–Crippen MR) is 57.9 cm³/mol. The van der Waals surface area contributed by atoms with Crippen LogP contribution in [0.15, 0.2) is 0 Å². The van der Waals surface area contributed by atoms with Crippen molar-refractivity contribution in [1.29, 1.82) is 0 Å². The number of likely N-dealkylation sites (tertiary alicyclic amines) is 1. The molecule has 0 radical (unpaired) electrons. The summed E-state index contributed by atoms with van der Waals surface area (Å²) in [6.07, 6.45) is 1.39. The smallest absolute Gasteiger partial charge is 0.00222 e. The molecule has 1 rings (SSSR count). The van der Waals surface area contributed by atoms with Crippen molar-refractivity contribution in [1.82, 2.24) is 10.2 Å². The van der Waals surface area contributed by atoms with Crippen LogP contribution in [-0.2, 0) is 0 Å². The van der Waals surface area contributed by atoms with Gasteiger partial charge in [-0.25, -0.2) is 0 Å². The Labute approximate surface area is 82.7 Å². The Morgan fingerprint density at radius 1 is 1.46 bits per heavy atom. The normalized spacial score (nSPS) is 24.5. The number of nitrogens with zero attached hydrogens (tertiary/aromatic N) is 1. The minimum Gasteiger partial charge on any atom is -0.316 e. The van der Waals surface area contributed by atoms with Crippen LogP contribution in [0, 0.1) is 11.8 Å². The molecule has 1 atom stereocenters. The van der Waals surface area contributed by atoms with Gasteiger partial charge in [0.2, 0.25) is 0 Å². The summed E-state index contributed by atoms with van der Waals surface area (Å²) < 4.78 is 0. The second-order valence-corrected chi connectivity index (χ2v) is 4.60. The van der Waals surface area contributed by atoms with Gasteiger partial charge in [-0.2, -0.15) is 0 Å². The van der Waals surface area contributed by atoms with Gasteiger partial charge in [-0.15, -0.1) is 0 Å². The first-order chi connectivity index (χ1) is 6.22. The van der Waals surface area contributed by atoms with Crippen LogP contribution in [0.5, 0.6) is 0 Å². The van der Waals surface area contributed by atoms with Gasteiger partial charge in [0, 0.05) is 6.54 Å². The first-order valence-corrected chi connectivity index (χ1v) is 5.65. The molecule has 2 nitrogen and oxygen atoms in total. The van der Waals surface area contributed by atoms with E-state index in [0.717, 1.165) is 11.8 Å². The van der Waals surface area contributed by atoms with Crippen molar-refractivity contribution in [3.05, 3.63) is 0 Å². The lowest BCUT2D eigenvalue weighted by molar-refractivity contribution is 0.337. The molecule has 1 N–H and O–H groups in total. The minimum atomic E-state index is 0.781. The summed E-state index contributed by atoms with van der Waals surface area (Å²) in [4.78, 5) is 2.54. The number of rotatable bonds is 5. The molecule has 0 aromatic heterocycles. The van der Waals surface area contributed by atoms with Gasteiger partial charge in [0.15, 0.2) is 0 Å². The Morgan fingerprint density at radius 2 is 2.23 bits per heavy atom. The van der Waals surface area contributed by atoms with Crippen molar-refractivity contribution in [2.24, 2.45) is 11.8 Å². The molecule has 1 heterocycles. The van der Waals surface area contributed by atoms with Gasteiger partial charge >= 0.3 is 0 Å². The zero-order valence-corrected chi connectivity index (χ0v) is 9.34. The third-order valence-corrected chi connectivity index (χ3v) is 2.80. The van der Waals surface area contributed by atoms with E-state index in [1.54, 1.807) is 0 Å². The van der Waals surface area contributed by atoms with Gasteiger partial charge in [0.25, 0.3) is 0 Å². The highest BCUT2D eigenvalue weighted by molar-refractivity contribution is 4.76. The molecule has 1 aliphatic rings. The Kier molecular flexibility index (Phi) is 4.74. The summed E-state index contributed by atoms with van der Waals surface area (Å²) in [5, 5.41) is 3.54. The standard InChI is InChI=1S/C11H24N2/c1-4-13-6-5-11(9-13)8-12-7-10(2)3/h10-12H,4-9H2,1-3H3. The molecule has 0 amide bonds. The highest BCUT2D eigenvalue weighted by Crippen LogP contribution is 2.14. The zero-order chi connectivity index (χ0) is 9.68. The average Bonchev–Trinajstić information content (AvgIpc) is 2.52. The van der Waals surface area contributed by atoms with Crippen LogP contribution in [-0.4, -0.2) is 37.6 Å². The second kappa shape index (κ2) is 5.61. The summed E-state index contributed by atoms with van der Waals surface area (Å²) in [5.41, 5.74) is 0. The van der Waals surface area contributed by atoms with Crippen LogP contribution in [0.2, 0.25) is 0 Å². The topological polar surface area (TPSA) is 15.3 Å². The van der Waals surface area contributed by atoms with Crippen molar-refractivity contribution in [2.45, 2.75) is 27.2 Å². The van der Waals surface area contributed by atoms with Crippen LogP contribution in [0.1, 0.15) is 27.2 Å². The lowest BCUT2D eigenvalue weighted by Gasteiger charge is -2.14. The molecule has 0 saturated carbocycles. The minimum absolute atomic E-state index is 0.781. The van der Waals surface area contributed by atoms with E-state index in [9.17, 15) is 0 Å². The number of hydrogen-bond donors (Lipinski definition) is 1. The van der Waals surface area contributed by atoms with E-state index in [2.05, 4.69) is 31.0 Å². The largest absolute Gasteiger partial charge is 0.316 e. The molecule has 1 aliphatic heterocycles. The van der Waals surface area contributed by atoms with E-state index >= 15 is 0 Å². The summed E-state index contributed by atoms with van der Waals surface area (Å²) in [7, 11) is 0. The van der Waals surface area contributed by atoms with Gasteiger partial charge < -0.3 is 10.2 Å². The van der Waals surface area contributed by atoms with Crippen molar-refractivity contribution in [3.8, 4) is 0 Å². The molecular formula is C11H24N2.